The van der Waals surface area contributed by atoms with Crippen LogP contribution in [0.5, 0.6) is 0 Å². The molecule has 7 nitrogen and oxygen atoms in total. The van der Waals surface area contributed by atoms with E-state index in [1.165, 1.54) is 6.92 Å². The molecule has 0 radical (unpaired) electrons. The van der Waals surface area contributed by atoms with E-state index in [1.54, 1.807) is 54.6 Å². The van der Waals surface area contributed by atoms with Crippen LogP contribution in [0, 0.1) is 6.92 Å². The van der Waals surface area contributed by atoms with Crippen LogP contribution in [0.2, 0.25) is 0 Å². The monoisotopic (exact) mass is 416 g/mol. The lowest BCUT2D eigenvalue weighted by Gasteiger charge is -2.10. The third-order valence-electron chi connectivity index (χ3n) is 4.34. The van der Waals surface area contributed by atoms with Gasteiger partial charge in [-0.1, -0.05) is 23.8 Å². The van der Waals surface area contributed by atoms with Crippen LogP contribution in [0.25, 0.3) is 0 Å². The lowest BCUT2D eigenvalue weighted by atomic mass is 10.1. The second kappa shape index (κ2) is 10.1. The Labute approximate surface area is 180 Å². The summed E-state index contributed by atoms with van der Waals surface area (Å²) in [6, 6.07) is 21.4. The summed E-state index contributed by atoms with van der Waals surface area (Å²) < 4.78 is 0. The predicted molar refractivity (Wildman–Crippen MR) is 123 cm³/mol. The predicted octanol–water partition coefficient (Wildman–Crippen LogP) is 4.26. The summed E-state index contributed by atoms with van der Waals surface area (Å²) in [7, 11) is 0. The number of benzene rings is 3. The third kappa shape index (κ3) is 6.71. The van der Waals surface area contributed by atoms with Gasteiger partial charge in [0, 0.05) is 35.2 Å². The van der Waals surface area contributed by atoms with Crippen molar-refractivity contribution in [2.24, 2.45) is 0 Å². The molecule has 0 heterocycles. The number of aryl methyl sites for hydroxylation is 1. The van der Waals surface area contributed by atoms with Crippen molar-refractivity contribution in [1.29, 1.82) is 0 Å². The molecule has 0 saturated heterocycles. The van der Waals surface area contributed by atoms with E-state index in [0.29, 0.717) is 22.6 Å². The van der Waals surface area contributed by atoms with Gasteiger partial charge in [0.25, 0.3) is 5.91 Å². The average Bonchev–Trinajstić information content (AvgIpc) is 2.73. The zero-order chi connectivity index (χ0) is 22.2. The van der Waals surface area contributed by atoms with E-state index in [-0.39, 0.29) is 24.3 Å². The quantitative estimate of drug-likeness (QED) is 0.463. The minimum Gasteiger partial charge on any atom is -0.376 e. The van der Waals surface area contributed by atoms with Crippen molar-refractivity contribution in [3.8, 4) is 0 Å². The van der Waals surface area contributed by atoms with Gasteiger partial charge in [-0.3, -0.25) is 14.4 Å². The van der Waals surface area contributed by atoms with E-state index in [2.05, 4.69) is 21.3 Å². The van der Waals surface area contributed by atoms with E-state index in [0.717, 1.165) is 11.3 Å². The summed E-state index contributed by atoms with van der Waals surface area (Å²) in [5, 5.41) is 11.3. The average molecular weight is 416 g/mol. The normalized spacial score (nSPS) is 10.1. The minimum atomic E-state index is -0.225. The SMILES string of the molecule is CC(=O)Nc1cccc(NC(=O)CNc2ccc(NC(=O)c3cccc(C)c3)cc2)c1. The number of anilines is 4. The summed E-state index contributed by atoms with van der Waals surface area (Å²) in [5.74, 6) is -0.578. The molecule has 0 unspecified atom stereocenters. The lowest BCUT2D eigenvalue weighted by Crippen LogP contribution is -2.21. The van der Waals surface area contributed by atoms with Gasteiger partial charge < -0.3 is 21.3 Å². The molecule has 7 heteroatoms. The van der Waals surface area contributed by atoms with Crippen LogP contribution in [0.1, 0.15) is 22.8 Å². The van der Waals surface area contributed by atoms with Crippen LogP contribution >= 0.6 is 0 Å². The summed E-state index contributed by atoms with van der Waals surface area (Å²) >= 11 is 0. The fourth-order valence-corrected chi connectivity index (χ4v) is 2.93. The Balaban J connectivity index is 1.50. The summed E-state index contributed by atoms with van der Waals surface area (Å²) in [4.78, 5) is 35.7. The molecule has 3 aromatic carbocycles. The molecule has 0 fully saturated rings. The first-order chi connectivity index (χ1) is 14.9. The Morgan fingerprint density at radius 1 is 0.710 bits per heavy atom. The number of amides is 3. The van der Waals surface area contributed by atoms with Crippen LogP contribution in [-0.4, -0.2) is 24.3 Å². The molecule has 31 heavy (non-hydrogen) atoms. The van der Waals surface area contributed by atoms with Gasteiger partial charge in [-0.25, -0.2) is 0 Å². The minimum absolute atomic E-state index is 0.0688. The number of carbonyl (C=O) groups excluding carboxylic acids is 3. The molecule has 0 bridgehead atoms. The van der Waals surface area contributed by atoms with Gasteiger partial charge in [-0.15, -0.1) is 0 Å². The van der Waals surface area contributed by atoms with Crippen molar-refractivity contribution in [2.75, 3.05) is 27.8 Å². The summed E-state index contributed by atoms with van der Waals surface area (Å²) in [6.45, 7) is 3.43. The largest absolute Gasteiger partial charge is 0.376 e. The number of nitrogens with one attached hydrogen (secondary N) is 4. The number of carbonyl (C=O) groups is 3. The molecule has 3 amide bonds. The van der Waals surface area contributed by atoms with Gasteiger partial charge in [-0.2, -0.15) is 0 Å². The van der Waals surface area contributed by atoms with E-state index in [4.69, 9.17) is 0 Å². The van der Waals surface area contributed by atoms with E-state index < -0.39 is 0 Å². The standard InChI is InChI=1S/C24H24N4O3/c1-16-5-3-6-18(13-16)24(31)28-20-11-9-19(10-12-20)25-15-23(30)27-22-8-4-7-21(14-22)26-17(2)29/h3-14,25H,15H2,1-2H3,(H,26,29)(H,27,30)(H,28,31). The van der Waals surface area contributed by atoms with E-state index in [1.807, 2.05) is 25.1 Å². The van der Waals surface area contributed by atoms with Gasteiger partial charge in [0.05, 0.1) is 6.54 Å². The summed E-state index contributed by atoms with van der Waals surface area (Å²) in [6.07, 6.45) is 0. The highest BCUT2D eigenvalue weighted by atomic mass is 16.2. The van der Waals surface area contributed by atoms with Crippen molar-refractivity contribution >= 4 is 40.5 Å². The van der Waals surface area contributed by atoms with Gasteiger partial charge in [0.1, 0.15) is 0 Å². The Morgan fingerprint density at radius 3 is 2.03 bits per heavy atom. The molecule has 0 atom stereocenters. The van der Waals surface area contributed by atoms with Gasteiger partial charge in [0.15, 0.2) is 0 Å². The third-order valence-corrected chi connectivity index (χ3v) is 4.34. The van der Waals surface area contributed by atoms with E-state index in [9.17, 15) is 14.4 Å². The van der Waals surface area contributed by atoms with Crippen LogP contribution in [0.3, 0.4) is 0 Å². The second-order valence-corrected chi connectivity index (χ2v) is 7.06. The zero-order valence-corrected chi connectivity index (χ0v) is 17.4. The molecule has 4 N–H and O–H groups in total. The Kier molecular flexibility index (Phi) is 7.01. The molecule has 3 aromatic rings. The zero-order valence-electron chi connectivity index (χ0n) is 17.4. The Morgan fingerprint density at radius 2 is 1.35 bits per heavy atom. The van der Waals surface area contributed by atoms with Crippen molar-refractivity contribution in [3.05, 3.63) is 83.9 Å². The highest BCUT2D eigenvalue weighted by Crippen LogP contribution is 2.17. The molecule has 158 valence electrons. The Hall–Kier alpha value is -4.13. The van der Waals surface area contributed by atoms with Crippen molar-refractivity contribution in [1.82, 2.24) is 0 Å². The highest BCUT2D eigenvalue weighted by molar-refractivity contribution is 6.04. The van der Waals surface area contributed by atoms with Gasteiger partial charge in [0.2, 0.25) is 11.8 Å². The second-order valence-electron chi connectivity index (χ2n) is 7.06. The maximum absolute atomic E-state index is 12.3. The smallest absolute Gasteiger partial charge is 0.255 e. The van der Waals surface area contributed by atoms with Crippen LogP contribution in [0.4, 0.5) is 22.7 Å². The molecular weight excluding hydrogens is 392 g/mol. The van der Waals surface area contributed by atoms with Crippen LogP contribution in [-0.2, 0) is 9.59 Å². The fraction of sp³-hybridized carbons (Fsp3) is 0.125. The van der Waals surface area contributed by atoms with Gasteiger partial charge in [-0.05, 0) is 61.5 Å². The maximum Gasteiger partial charge on any atom is 0.255 e. The number of hydrogen-bond acceptors (Lipinski definition) is 4. The van der Waals surface area contributed by atoms with Crippen molar-refractivity contribution < 1.29 is 14.4 Å². The van der Waals surface area contributed by atoms with Crippen molar-refractivity contribution in [3.63, 3.8) is 0 Å². The first kappa shape index (κ1) is 21.6. The summed E-state index contributed by atoms with van der Waals surface area (Å²) in [5.41, 5.74) is 4.23. The van der Waals surface area contributed by atoms with Crippen LogP contribution < -0.4 is 21.3 Å². The molecule has 0 aliphatic rings. The first-order valence-electron chi connectivity index (χ1n) is 9.78. The topological polar surface area (TPSA) is 99.3 Å². The maximum atomic E-state index is 12.3. The van der Waals surface area contributed by atoms with E-state index >= 15 is 0 Å². The number of hydrogen-bond donors (Lipinski definition) is 4. The highest BCUT2D eigenvalue weighted by Gasteiger charge is 2.07. The molecule has 0 aliphatic heterocycles. The lowest BCUT2D eigenvalue weighted by molar-refractivity contribution is -0.115. The molecule has 0 aliphatic carbocycles. The molecule has 0 aromatic heterocycles. The Bertz CT molecular complexity index is 1090. The first-order valence-corrected chi connectivity index (χ1v) is 9.78. The number of rotatable bonds is 7. The molecule has 0 saturated carbocycles. The van der Waals surface area contributed by atoms with Crippen LogP contribution in [0.15, 0.2) is 72.8 Å². The van der Waals surface area contributed by atoms with Crippen molar-refractivity contribution in [2.45, 2.75) is 13.8 Å². The molecule has 3 rings (SSSR count). The molecular formula is C24H24N4O3. The fourth-order valence-electron chi connectivity index (χ4n) is 2.93. The van der Waals surface area contributed by atoms with Gasteiger partial charge >= 0.3 is 0 Å². The molecule has 0 spiro atoms.